The molecule has 1 aromatic carbocycles. The number of carbonyl (C=O) groups excluding carboxylic acids is 2. The molecule has 7 heteroatoms. The first-order valence-electron chi connectivity index (χ1n) is 7.61. The number of carbonyl (C=O) groups is 2. The van der Waals surface area contributed by atoms with E-state index in [0.717, 1.165) is 21.8 Å². The summed E-state index contributed by atoms with van der Waals surface area (Å²) in [5.41, 5.74) is 0.888. The van der Waals surface area contributed by atoms with Gasteiger partial charge in [-0.15, -0.1) is 0 Å². The van der Waals surface area contributed by atoms with Crippen LogP contribution in [0.2, 0.25) is 0 Å². The van der Waals surface area contributed by atoms with Crippen molar-refractivity contribution < 1.29 is 19.1 Å². The van der Waals surface area contributed by atoms with Gasteiger partial charge in [-0.1, -0.05) is 11.8 Å². The lowest BCUT2D eigenvalue weighted by atomic mass is 10.1. The molecule has 1 fully saturated rings. The molecule has 0 aliphatic carbocycles. The van der Waals surface area contributed by atoms with Crippen molar-refractivity contribution in [2.24, 2.45) is 0 Å². The fraction of sp³-hybridized carbons (Fsp3) is 0.500. The van der Waals surface area contributed by atoms with Crippen molar-refractivity contribution in [3.63, 3.8) is 0 Å². The molecular formula is C16H20BrNO4S. The third-order valence-corrected chi connectivity index (χ3v) is 5.14. The van der Waals surface area contributed by atoms with Gasteiger partial charge in [0.05, 0.1) is 22.9 Å². The predicted molar refractivity (Wildman–Crippen MR) is 94.3 cm³/mol. The summed E-state index contributed by atoms with van der Waals surface area (Å²) in [4.78, 5) is 25.4. The minimum absolute atomic E-state index is 0.130. The SMILES string of the molecule is CCOc1cc(OCC)c(C[C@H]2SC(=O)N(CC)C2=O)cc1Br. The summed E-state index contributed by atoms with van der Waals surface area (Å²) < 4.78 is 12.1. The Kier molecular flexibility index (Phi) is 6.35. The maximum atomic E-state index is 12.3. The van der Waals surface area contributed by atoms with Crippen LogP contribution in [-0.2, 0) is 11.2 Å². The zero-order valence-electron chi connectivity index (χ0n) is 13.4. The van der Waals surface area contributed by atoms with Gasteiger partial charge in [0, 0.05) is 12.6 Å². The molecule has 0 aromatic heterocycles. The van der Waals surface area contributed by atoms with E-state index in [1.165, 1.54) is 4.90 Å². The van der Waals surface area contributed by atoms with E-state index >= 15 is 0 Å². The maximum absolute atomic E-state index is 12.3. The summed E-state index contributed by atoms with van der Waals surface area (Å²) in [6.07, 6.45) is 0.450. The average Bonchev–Trinajstić information content (AvgIpc) is 2.78. The highest BCUT2D eigenvalue weighted by Crippen LogP contribution is 2.37. The number of hydrogen-bond donors (Lipinski definition) is 0. The first-order valence-corrected chi connectivity index (χ1v) is 9.29. The lowest BCUT2D eigenvalue weighted by Gasteiger charge is -2.16. The minimum Gasteiger partial charge on any atom is -0.493 e. The number of hydrogen-bond acceptors (Lipinski definition) is 5. The molecule has 23 heavy (non-hydrogen) atoms. The van der Waals surface area contributed by atoms with Gasteiger partial charge in [0.15, 0.2) is 0 Å². The second-order valence-electron chi connectivity index (χ2n) is 4.92. The van der Waals surface area contributed by atoms with E-state index < -0.39 is 5.25 Å². The van der Waals surface area contributed by atoms with Gasteiger partial charge in [-0.05, 0) is 54.8 Å². The summed E-state index contributed by atoms with van der Waals surface area (Å²) in [6.45, 7) is 7.11. The van der Waals surface area contributed by atoms with Crippen LogP contribution in [-0.4, -0.2) is 41.1 Å². The standard InChI is InChI=1S/C16H20BrNO4S/c1-4-18-15(19)14(23-16(18)20)8-10-7-11(17)13(22-6-3)9-12(10)21-5-2/h7,9,14H,4-6,8H2,1-3H3/t14-/m1/s1. The average molecular weight is 402 g/mol. The lowest BCUT2D eigenvalue weighted by molar-refractivity contribution is -0.126. The molecule has 1 aromatic rings. The molecule has 0 saturated carbocycles. The first kappa shape index (κ1) is 18.1. The van der Waals surface area contributed by atoms with Crippen LogP contribution in [0.4, 0.5) is 4.79 Å². The molecule has 5 nitrogen and oxygen atoms in total. The number of rotatable bonds is 7. The molecule has 1 aliphatic rings. The zero-order chi connectivity index (χ0) is 17.0. The number of amides is 2. The van der Waals surface area contributed by atoms with Gasteiger partial charge in [0.1, 0.15) is 11.5 Å². The third-order valence-electron chi connectivity index (χ3n) is 3.44. The molecule has 126 valence electrons. The number of thioether (sulfide) groups is 1. The Labute approximate surface area is 148 Å². The molecule has 1 atom stereocenters. The number of halogens is 1. The Morgan fingerprint density at radius 3 is 2.35 bits per heavy atom. The number of benzene rings is 1. The van der Waals surface area contributed by atoms with E-state index in [1.54, 1.807) is 6.92 Å². The van der Waals surface area contributed by atoms with Crippen molar-refractivity contribution in [3.8, 4) is 11.5 Å². The Bertz CT molecular complexity index is 608. The van der Waals surface area contributed by atoms with Crippen LogP contribution >= 0.6 is 27.7 Å². The van der Waals surface area contributed by atoms with Crippen molar-refractivity contribution in [3.05, 3.63) is 22.2 Å². The van der Waals surface area contributed by atoms with Crippen LogP contribution in [0, 0.1) is 0 Å². The van der Waals surface area contributed by atoms with Crippen molar-refractivity contribution in [2.75, 3.05) is 19.8 Å². The topological polar surface area (TPSA) is 55.8 Å². The first-order chi connectivity index (χ1) is 11.0. The van der Waals surface area contributed by atoms with Gasteiger partial charge in [-0.2, -0.15) is 0 Å². The Hall–Kier alpha value is -1.21. The monoisotopic (exact) mass is 401 g/mol. The second-order valence-corrected chi connectivity index (χ2v) is 6.92. The summed E-state index contributed by atoms with van der Waals surface area (Å²) in [7, 11) is 0. The van der Waals surface area contributed by atoms with E-state index in [-0.39, 0.29) is 11.1 Å². The van der Waals surface area contributed by atoms with Crippen molar-refractivity contribution in [1.82, 2.24) is 4.90 Å². The van der Waals surface area contributed by atoms with Crippen LogP contribution in [0.1, 0.15) is 26.3 Å². The molecule has 0 spiro atoms. The van der Waals surface area contributed by atoms with Crippen LogP contribution in [0.3, 0.4) is 0 Å². The molecule has 1 aliphatic heterocycles. The van der Waals surface area contributed by atoms with Crippen LogP contribution < -0.4 is 9.47 Å². The summed E-state index contributed by atoms with van der Waals surface area (Å²) in [6, 6.07) is 3.73. The van der Waals surface area contributed by atoms with Crippen molar-refractivity contribution in [2.45, 2.75) is 32.4 Å². The molecule has 1 heterocycles. The molecule has 0 unspecified atom stereocenters. The number of imide groups is 1. The van der Waals surface area contributed by atoms with Gasteiger partial charge in [-0.25, -0.2) is 0 Å². The number of nitrogens with zero attached hydrogens (tertiary/aromatic N) is 1. The van der Waals surface area contributed by atoms with Gasteiger partial charge in [0.25, 0.3) is 5.24 Å². The highest BCUT2D eigenvalue weighted by Gasteiger charge is 2.39. The summed E-state index contributed by atoms with van der Waals surface area (Å²) >= 11 is 4.57. The predicted octanol–water partition coefficient (Wildman–Crippen LogP) is 3.87. The Morgan fingerprint density at radius 2 is 1.78 bits per heavy atom. The Morgan fingerprint density at radius 1 is 1.13 bits per heavy atom. The molecule has 1 saturated heterocycles. The van der Waals surface area contributed by atoms with Gasteiger partial charge in [0.2, 0.25) is 5.91 Å². The number of ether oxygens (including phenoxy) is 2. The minimum atomic E-state index is -0.397. The molecule has 2 amide bonds. The Balaban J connectivity index is 2.26. The summed E-state index contributed by atoms with van der Waals surface area (Å²) in [5, 5.41) is -0.572. The van der Waals surface area contributed by atoms with E-state index in [4.69, 9.17) is 9.47 Å². The molecule has 0 bridgehead atoms. The maximum Gasteiger partial charge on any atom is 0.289 e. The largest absolute Gasteiger partial charge is 0.493 e. The normalized spacial score (nSPS) is 17.7. The zero-order valence-corrected chi connectivity index (χ0v) is 15.8. The fourth-order valence-electron chi connectivity index (χ4n) is 2.40. The smallest absolute Gasteiger partial charge is 0.289 e. The van der Waals surface area contributed by atoms with E-state index in [1.807, 2.05) is 26.0 Å². The lowest BCUT2D eigenvalue weighted by Crippen LogP contribution is -2.31. The second kappa shape index (κ2) is 8.06. The van der Waals surface area contributed by atoms with E-state index in [2.05, 4.69) is 15.9 Å². The highest BCUT2D eigenvalue weighted by molar-refractivity contribution is 9.10. The fourth-order valence-corrected chi connectivity index (χ4v) is 3.99. The quantitative estimate of drug-likeness (QED) is 0.693. The van der Waals surface area contributed by atoms with Crippen LogP contribution in [0.15, 0.2) is 16.6 Å². The van der Waals surface area contributed by atoms with Gasteiger partial charge in [-0.3, -0.25) is 14.5 Å². The molecule has 0 radical (unpaired) electrons. The molecule has 0 N–H and O–H groups in total. The third kappa shape index (κ3) is 4.01. The van der Waals surface area contributed by atoms with Gasteiger partial charge >= 0.3 is 0 Å². The van der Waals surface area contributed by atoms with E-state index in [0.29, 0.717) is 37.7 Å². The van der Waals surface area contributed by atoms with Crippen molar-refractivity contribution >= 4 is 38.8 Å². The van der Waals surface area contributed by atoms with Gasteiger partial charge < -0.3 is 9.47 Å². The molecule has 2 rings (SSSR count). The van der Waals surface area contributed by atoms with Crippen LogP contribution in [0.25, 0.3) is 0 Å². The van der Waals surface area contributed by atoms with Crippen LogP contribution in [0.5, 0.6) is 11.5 Å². The van der Waals surface area contributed by atoms with E-state index in [9.17, 15) is 9.59 Å². The van der Waals surface area contributed by atoms with Crippen molar-refractivity contribution in [1.29, 1.82) is 0 Å². The summed E-state index contributed by atoms with van der Waals surface area (Å²) in [5.74, 6) is 1.27. The highest BCUT2D eigenvalue weighted by atomic mass is 79.9. The molecular weight excluding hydrogens is 382 g/mol.